The molecule has 2 aliphatic heterocycles. The predicted octanol–water partition coefficient (Wildman–Crippen LogP) is 1.54. The van der Waals surface area contributed by atoms with E-state index in [-0.39, 0.29) is 0 Å². The highest BCUT2D eigenvalue weighted by molar-refractivity contribution is 4.87. The number of rotatable bonds is 2. The molecule has 0 unspecified atom stereocenters. The first kappa shape index (κ1) is 10.3. The maximum absolute atomic E-state index is 3.89. The van der Waals surface area contributed by atoms with Crippen molar-refractivity contribution in [2.45, 2.75) is 44.7 Å². The second-order valence-corrected chi connectivity index (χ2v) is 5.16. The highest BCUT2D eigenvalue weighted by Gasteiger charge is 2.32. The van der Waals surface area contributed by atoms with Gasteiger partial charge in [0.05, 0.1) is 0 Å². The molecule has 0 aliphatic carbocycles. The lowest BCUT2D eigenvalue weighted by molar-refractivity contribution is 0.0519. The summed E-state index contributed by atoms with van der Waals surface area (Å²) in [4.78, 5) is 2.71. The largest absolute Gasteiger partial charge is 0.320 e. The topological polar surface area (TPSA) is 34.0 Å². The molecule has 2 fully saturated rings. The van der Waals surface area contributed by atoms with Crippen molar-refractivity contribution in [2.24, 2.45) is 5.92 Å². The summed E-state index contributed by atoms with van der Waals surface area (Å²) in [5, 5.41) is 7.78. The first-order valence-corrected chi connectivity index (χ1v) is 6.50. The molecule has 0 N–H and O–H groups in total. The van der Waals surface area contributed by atoms with Crippen molar-refractivity contribution >= 4 is 0 Å². The zero-order valence-electron chi connectivity index (χ0n) is 9.76. The quantitative estimate of drug-likeness (QED) is 0.758. The summed E-state index contributed by atoms with van der Waals surface area (Å²) < 4.78 is 2.14. The Labute approximate surface area is 96.7 Å². The average Bonchev–Trinajstić information content (AvgIpc) is 2.82. The van der Waals surface area contributed by atoms with E-state index in [1.807, 2.05) is 12.7 Å². The smallest absolute Gasteiger partial charge is 0.119 e. The van der Waals surface area contributed by atoms with Crippen LogP contribution in [-0.2, 0) is 6.54 Å². The van der Waals surface area contributed by atoms with E-state index in [1.165, 1.54) is 45.2 Å². The number of fused-ring (bicyclic) bond motifs is 1. The lowest BCUT2D eigenvalue weighted by Gasteiger charge is -2.44. The Hall–Kier alpha value is -0.900. The van der Waals surface area contributed by atoms with Crippen LogP contribution in [0.5, 0.6) is 0 Å². The van der Waals surface area contributed by atoms with E-state index in [2.05, 4.69) is 19.7 Å². The molecule has 88 valence electrons. The fraction of sp³-hybridized carbons (Fsp3) is 0.833. The number of aromatic nitrogens is 3. The molecule has 2 aliphatic rings. The van der Waals surface area contributed by atoms with Gasteiger partial charge in [0, 0.05) is 12.6 Å². The van der Waals surface area contributed by atoms with E-state index in [0.717, 1.165) is 18.5 Å². The van der Waals surface area contributed by atoms with Gasteiger partial charge in [-0.15, -0.1) is 10.2 Å². The molecule has 0 amide bonds. The van der Waals surface area contributed by atoms with Crippen LogP contribution in [0.1, 0.15) is 32.1 Å². The van der Waals surface area contributed by atoms with Gasteiger partial charge < -0.3 is 9.47 Å². The van der Waals surface area contributed by atoms with Crippen LogP contribution in [0.2, 0.25) is 0 Å². The third kappa shape index (κ3) is 1.98. The Morgan fingerprint density at radius 3 is 2.69 bits per heavy atom. The molecule has 3 rings (SSSR count). The molecular weight excluding hydrogens is 200 g/mol. The van der Waals surface area contributed by atoms with Crippen molar-refractivity contribution in [2.75, 3.05) is 13.1 Å². The normalized spacial score (nSPS) is 31.2. The van der Waals surface area contributed by atoms with Crippen LogP contribution >= 0.6 is 0 Å². The van der Waals surface area contributed by atoms with Gasteiger partial charge in [-0.3, -0.25) is 0 Å². The lowest BCUT2D eigenvalue weighted by atomic mass is 9.83. The third-order valence-electron chi connectivity index (χ3n) is 4.14. The number of hydrogen-bond donors (Lipinski definition) is 0. The second-order valence-electron chi connectivity index (χ2n) is 5.16. The van der Waals surface area contributed by atoms with E-state index in [1.54, 1.807) is 0 Å². The highest BCUT2D eigenvalue weighted by atomic mass is 15.2. The van der Waals surface area contributed by atoms with Gasteiger partial charge in [0.2, 0.25) is 0 Å². The van der Waals surface area contributed by atoms with Gasteiger partial charge in [-0.2, -0.15) is 0 Å². The summed E-state index contributed by atoms with van der Waals surface area (Å²) in [6.07, 6.45) is 10.6. The zero-order chi connectivity index (χ0) is 10.8. The van der Waals surface area contributed by atoms with Crippen LogP contribution in [0.4, 0.5) is 0 Å². The third-order valence-corrected chi connectivity index (χ3v) is 4.14. The fourth-order valence-corrected chi connectivity index (χ4v) is 3.38. The molecule has 2 atom stereocenters. The summed E-state index contributed by atoms with van der Waals surface area (Å²) in [6, 6.07) is 0.824. The number of piperidine rings is 2. The first-order chi connectivity index (χ1) is 7.93. The van der Waals surface area contributed by atoms with E-state index >= 15 is 0 Å². The van der Waals surface area contributed by atoms with Crippen molar-refractivity contribution in [3.63, 3.8) is 0 Å². The van der Waals surface area contributed by atoms with Crippen LogP contribution in [0.3, 0.4) is 0 Å². The molecule has 0 bridgehead atoms. The Bertz CT molecular complexity index is 320. The van der Waals surface area contributed by atoms with E-state index in [9.17, 15) is 0 Å². The molecule has 0 radical (unpaired) electrons. The maximum atomic E-state index is 3.89. The Balaban J connectivity index is 1.68. The Morgan fingerprint density at radius 1 is 1.00 bits per heavy atom. The van der Waals surface area contributed by atoms with Crippen LogP contribution in [0.25, 0.3) is 0 Å². The average molecular weight is 220 g/mol. The summed E-state index contributed by atoms with van der Waals surface area (Å²) >= 11 is 0. The van der Waals surface area contributed by atoms with Crippen LogP contribution in [-0.4, -0.2) is 38.8 Å². The molecule has 0 saturated carbocycles. The van der Waals surface area contributed by atoms with E-state index in [0.29, 0.717) is 0 Å². The molecule has 0 spiro atoms. The van der Waals surface area contributed by atoms with Crippen LogP contribution in [0.15, 0.2) is 12.7 Å². The summed E-state index contributed by atoms with van der Waals surface area (Å²) in [5.74, 6) is 0.810. The molecule has 4 heteroatoms. The van der Waals surface area contributed by atoms with Gasteiger partial charge >= 0.3 is 0 Å². The standard InChI is InChI=1S/C12H20N4/c1-2-6-16-7-3-4-11(12(16)5-1)8-15-9-13-14-10-15/h9-12H,1-8H2/t11-,12+/m0/s1. The van der Waals surface area contributed by atoms with Gasteiger partial charge in [0.1, 0.15) is 12.7 Å². The monoisotopic (exact) mass is 220 g/mol. The van der Waals surface area contributed by atoms with Crippen molar-refractivity contribution in [1.29, 1.82) is 0 Å². The maximum Gasteiger partial charge on any atom is 0.119 e. The predicted molar refractivity (Wildman–Crippen MR) is 62.0 cm³/mol. The highest BCUT2D eigenvalue weighted by Crippen LogP contribution is 2.31. The lowest BCUT2D eigenvalue weighted by Crippen LogP contribution is -2.48. The van der Waals surface area contributed by atoms with Crippen LogP contribution in [0, 0.1) is 5.92 Å². The molecule has 16 heavy (non-hydrogen) atoms. The van der Waals surface area contributed by atoms with Crippen molar-refractivity contribution < 1.29 is 0 Å². The van der Waals surface area contributed by atoms with E-state index < -0.39 is 0 Å². The minimum absolute atomic E-state index is 0.810. The Kier molecular flexibility index (Phi) is 2.91. The molecule has 1 aromatic rings. The Morgan fingerprint density at radius 2 is 1.81 bits per heavy atom. The van der Waals surface area contributed by atoms with Crippen molar-refractivity contribution in [1.82, 2.24) is 19.7 Å². The molecule has 2 saturated heterocycles. The van der Waals surface area contributed by atoms with Gasteiger partial charge in [-0.05, 0) is 44.7 Å². The molecule has 4 nitrogen and oxygen atoms in total. The minimum atomic E-state index is 0.810. The minimum Gasteiger partial charge on any atom is -0.320 e. The van der Waals surface area contributed by atoms with Gasteiger partial charge in [0.15, 0.2) is 0 Å². The molecule has 3 heterocycles. The fourth-order valence-electron chi connectivity index (χ4n) is 3.38. The molecular formula is C12H20N4. The zero-order valence-corrected chi connectivity index (χ0v) is 9.76. The molecule has 1 aromatic heterocycles. The number of nitrogens with zero attached hydrogens (tertiary/aromatic N) is 4. The first-order valence-electron chi connectivity index (χ1n) is 6.50. The van der Waals surface area contributed by atoms with Crippen molar-refractivity contribution in [3.8, 4) is 0 Å². The van der Waals surface area contributed by atoms with E-state index in [4.69, 9.17) is 0 Å². The summed E-state index contributed by atoms with van der Waals surface area (Å²) in [7, 11) is 0. The summed E-state index contributed by atoms with van der Waals surface area (Å²) in [6.45, 7) is 3.75. The van der Waals surface area contributed by atoms with Gasteiger partial charge in [-0.25, -0.2) is 0 Å². The number of hydrogen-bond acceptors (Lipinski definition) is 3. The van der Waals surface area contributed by atoms with Gasteiger partial charge in [0.25, 0.3) is 0 Å². The van der Waals surface area contributed by atoms with Crippen molar-refractivity contribution in [3.05, 3.63) is 12.7 Å². The van der Waals surface area contributed by atoms with Crippen LogP contribution < -0.4 is 0 Å². The van der Waals surface area contributed by atoms with Gasteiger partial charge in [-0.1, -0.05) is 6.42 Å². The SMILES string of the molecule is c1nncn1C[C@@H]1CCCN2CCCC[C@H]12. The summed E-state index contributed by atoms with van der Waals surface area (Å²) in [5.41, 5.74) is 0. The molecule has 0 aromatic carbocycles. The second kappa shape index (κ2) is 4.53.